The molecule has 0 bridgehead atoms. The van der Waals surface area contributed by atoms with Crippen molar-refractivity contribution in [2.24, 2.45) is 5.73 Å². The minimum Gasteiger partial charge on any atom is -0.469 e. The number of hydrogen-bond donors (Lipinski definition) is 2. The highest BCUT2D eigenvalue weighted by Crippen LogP contribution is 2.07. The van der Waals surface area contributed by atoms with Gasteiger partial charge in [0.25, 0.3) is 0 Å². The average molecular weight is 286 g/mol. The zero-order valence-corrected chi connectivity index (χ0v) is 12.3. The number of amides is 1. The van der Waals surface area contributed by atoms with Gasteiger partial charge in [-0.15, -0.1) is 0 Å². The van der Waals surface area contributed by atoms with Crippen molar-refractivity contribution in [1.82, 2.24) is 5.32 Å². The zero-order chi connectivity index (χ0) is 15.1. The Kier molecular flexibility index (Phi) is 5.58. The summed E-state index contributed by atoms with van der Waals surface area (Å²) in [6.45, 7) is 2.54. The first-order valence-corrected chi connectivity index (χ1v) is 7.27. The highest BCUT2D eigenvalue weighted by molar-refractivity contribution is 5.78. The molecule has 3 N–H and O–H groups in total. The second kappa shape index (κ2) is 7.64. The standard InChI is InChI=1S/C17H22N2O2/c1-13(4-9-16-3-2-10-21-16)19-17(20)11-14-5-7-15(12-18)8-6-14/h2-3,5-8,10,13H,4,9,11-12,18H2,1H3,(H,19,20). The Morgan fingerprint density at radius 3 is 2.57 bits per heavy atom. The maximum Gasteiger partial charge on any atom is 0.224 e. The van der Waals surface area contributed by atoms with Crippen molar-refractivity contribution in [3.8, 4) is 0 Å². The Labute approximate surface area is 125 Å². The van der Waals surface area contributed by atoms with Gasteiger partial charge in [-0.1, -0.05) is 24.3 Å². The van der Waals surface area contributed by atoms with E-state index < -0.39 is 0 Å². The Hall–Kier alpha value is -2.07. The van der Waals surface area contributed by atoms with Gasteiger partial charge in [0.1, 0.15) is 5.76 Å². The van der Waals surface area contributed by atoms with E-state index in [2.05, 4.69) is 5.32 Å². The number of nitrogens with two attached hydrogens (primary N) is 1. The second-order valence-corrected chi connectivity index (χ2v) is 5.28. The van der Waals surface area contributed by atoms with Crippen LogP contribution in [0.15, 0.2) is 47.1 Å². The molecule has 0 saturated heterocycles. The quantitative estimate of drug-likeness (QED) is 0.821. The zero-order valence-electron chi connectivity index (χ0n) is 12.3. The third kappa shape index (κ3) is 5.08. The Morgan fingerprint density at radius 1 is 1.24 bits per heavy atom. The van der Waals surface area contributed by atoms with E-state index in [0.29, 0.717) is 13.0 Å². The van der Waals surface area contributed by atoms with Gasteiger partial charge in [-0.25, -0.2) is 0 Å². The minimum atomic E-state index is 0.0439. The Bertz CT molecular complexity index is 547. The molecular formula is C17H22N2O2. The Morgan fingerprint density at radius 2 is 1.95 bits per heavy atom. The maximum atomic E-state index is 12.0. The topological polar surface area (TPSA) is 68.3 Å². The second-order valence-electron chi connectivity index (χ2n) is 5.28. The predicted octanol–water partition coefficient (Wildman–Crippen LogP) is 2.42. The lowest BCUT2D eigenvalue weighted by Crippen LogP contribution is -2.34. The van der Waals surface area contributed by atoms with Gasteiger partial charge in [0.2, 0.25) is 5.91 Å². The molecule has 0 saturated carbocycles. The van der Waals surface area contributed by atoms with Crippen LogP contribution in [-0.4, -0.2) is 11.9 Å². The molecule has 1 heterocycles. The molecule has 0 radical (unpaired) electrons. The first-order valence-electron chi connectivity index (χ1n) is 7.27. The molecule has 1 unspecified atom stereocenters. The van der Waals surface area contributed by atoms with Crippen molar-refractivity contribution in [2.75, 3.05) is 0 Å². The molecule has 2 aromatic rings. The van der Waals surface area contributed by atoms with E-state index in [0.717, 1.165) is 29.7 Å². The van der Waals surface area contributed by atoms with E-state index >= 15 is 0 Å². The summed E-state index contributed by atoms with van der Waals surface area (Å²) in [7, 11) is 0. The normalized spacial score (nSPS) is 12.1. The van der Waals surface area contributed by atoms with Crippen molar-refractivity contribution >= 4 is 5.91 Å². The number of furan rings is 1. The van der Waals surface area contributed by atoms with Crippen LogP contribution >= 0.6 is 0 Å². The van der Waals surface area contributed by atoms with E-state index in [1.807, 2.05) is 43.3 Å². The molecule has 112 valence electrons. The fourth-order valence-electron chi connectivity index (χ4n) is 2.19. The highest BCUT2D eigenvalue weighted by Gasteiger charge is 2.09. The van der Waals surface area contributed by atoms with Gasteiger partial charge in [0.15, 0.2) is 0 Å². The molecule has 1 amide bonds. The molecule has 0 spiro atoms. The lowest BCUT2D eigenvalue weighted by Gasteiger charge is -2.13. The summed E-state index contributed by atoms with van der Waals surface area (Å²) < 4.78 is 5.28. The molecular weight excluding hydrogens is 264 g/mol. The van der Waals surface area contributed by atoms with Gasteiger partial charge in [-0.05, 0) is 36.6 Å². The van der Waals surface area contributed by atoms with Crippen molar-refractivity contribution < 1.29 is 9.21 Å². The van der Waals surface area contributed by atoms with Gasteiger partial charge in [-0.2, -0.15) is 0 Å². The Balaban J connectivity index is 1.75. The van der Waals surface area contributed by atoms with E-state index in [9.17, 15) is 4.79 Å². The van der Waals surface area contributed by atoms with E-state index in [4.69, 9.17) is 10.2 Å². The van der Waals surface area contributed by atoms with Crippen LogP contribution in [0, 0.1) is 0 Å². The van der Waals surface area contributed by atoms with E-state index in [1.165, 1.54) is 0 Å². The van der Waals surface area contributed by atoms with Crippen LogP contribution in [0.4, 0.5) is 0 Å². The van der Waals surface area contributed by atoms with E-state index in [-0.39, 0.29) is 11.9 Å². The largest absolute Gasteiger partial charge is 0.469 e. The number of hydrogen-bond acceptors (Lipinski definition) is 3. The molecule has 4 heteroatoms. The third-order valence-electron chi connectivity index (χ3n) is 3.43. The molecule has 1 aromatic heterocycles. The SMILES string of the molecule is CC(CCc1ccco1)NC(=O)Cc1ccc(CN)cc1. The summed E-state index contributed by atoms with van der Waals surface area (Å²) in [5.41, 5.74) is 7.63. The summed E-state index contributed by atoms with van der Waals surface area (Å²) in [6, 6.07) is 11.8. The molecule has 0 aliphatic carbocycles. The lowest BCUT2D eigenvalue weighted by atomic mass is 10.1. The van der Waals surface area contributed by atoms with Crippen LogP contribution < -0.4 is 11.1 Å². The summed E-state index contributed by atoms with van der Waals surface area (Å²) in [4.78, 5) is 12.0. The van der Waals surface area contributed by atoms with Gasteiger partial charge in [0, 0.05) is 19.0 Å². The molecule has 21 heavy (non-hydrogen) atoms. The predicted molar refractivity (Wildman–Crippen MR) is 82.7 cm³/mol. The molecule has 0 aliphatic heterocycles. The van der Waals surface area contributed by atoms with Gasteiger partial charge in [0.05, 0.1) is 12.7 Å². The number of nitrogens with one attached hydrogen (secondary N) is 1. The van der Waals surface area contributed by atoms with E-state index in [1.54, 1.807) is 6.26 Å². The fourth-order valence-corrected chi connectivity index (χ4v) is 2.19. The van der Waals surface area contributed by atoms with Crippen molar-refractivity contribution in [3.05, 3.63) is 59.5 Å². The monoisotopic (exact) mass is 286 g/mol. The molecule has 0 fully saturated rings. The third-order valence-corrected chi connectivity index (χ3v) is 3.43. The number of carbonyl (C=O) groups is 1. The summed E-state index contributed by atoms with van der Waals surface area (Å²) in [5.74, 6) is 0.996. The molecule has 0 aliphatic rings. The van der Waals surface area contributed by atoms with Gasteiger partial charge < -0.3 is 15.5 Å². The molecule has 1 atom stereocenters. The fraction of sp³-hybridized carbons (Fsp3) is 0.353. The number of aryl methyl sites for hydroxylation is 1. The number of carbonyl (C=O) groups excluding carboxylic acids is 1. The first kappa shape index (κ1) is 15.3. The van der Waals surface area contributed by atoms with Gasteiger partial charge in [-0.3, -0.25) is 4.79 Å². The summed E-state index contributed by atoms with van der Waals surface area (Å²) in [6.07, 6.45) is 3.77. The first-order chi connectivity index (χ1) is 10.2. The van der Waals surface area contributed by atoms with Crippen LogP contribution in [0.25, 0.3) is 0 Å². The molecule has 2 rings (SSSR count). The lowest BCUT2D eigenvalue weighted by molar-refractivity contribution is -0.121. The van der Waals surface area contributed by atoms with Crippen LogP contribution in [-0.2, 0) is 24.2 Å². The van der Waals surface area contributed by atoms with Crippen LogP contribution in [0.5, 0.6) is 0 Å². The maximum absolute atomic E-state index is 12.0. The number of benzene rings is 1. The minimum absolute atomic E-state index is 0.0439. The van der Waals surface area contributed by atoms with Crippen molar-refractivity contribution in [1.29, 1.82) is 0 Å². The summed E-state index contributed by atoms with van der Waals surface area (Å²) >= 11 is 0. The van der Waals surface area contributed by atoms with Crippen LogP contribution in [0.2, 0.25) is 0 Å². The van der Waals surface area contributed by atoms with Crippen molar-refractivity contribution in [2.45, 2.75) is 38.8 Å². The molecule has 1 aromatic carbocycles. The van der Waals surface area contributed by atoms with Crippen molar-refractivity contribution in [3.63, 3.8) is 0 Å². The van der Waals surface area contributed by atoms with Gasteiger partial charge >= 0.3 is 0 Å². The number of rotatable bonds is 7. The average Bonchev–Trinajstić information content (AvgIpc) is 2.99. The highest BCUT2D eigenvalue weighted by atomic mass is 16.3. The van der Waals surface area contributed by atoms with Crippen LogP contribution in [0.1, 0.15) is 30.2 Å². The molecule has 4 nitrogen and oxygen atoms in total. The smallest absolute Gasteiger partial charge is 0.224 e. The summed E-state index contributed by atoms with van der Waals surface area (Å²) in [5, 5.41) is 3.01. The van der Waals surface area contributed by atoms with Crippen LogP contribution in [0.3, 0.4) is 0 Å².